The zero-order valence-electron chi connectivity index (χ0n) is 16.9. The van der Waals surface area contributed by atoms with Crippen LogP contribution in [0, 0.1) is 10.1 Å². The van der Waals surface area contributed by atoms with E-state index in [-0.39, 0.29) is 27.8 Å². The molecular weight excluding hydrogens is 468 g/mol. The maximum Gasteiger partial charge on any atom is 0.270 e. The van der Waals surface area contributed by atoms with Crippen LogP contribution in [0.1, 0.15) is 10.4 Å². The summed E-state index contributed by atoms with van der Waals surface area (Å²) in [4.78, 5) is 35.6. The van der Waals surface area contributed by atoms with E-state index in [9.17, 15) is 28.1 Å². The quantitative estimate of drug-likeness (QED) is 0.250. The third kappa shape index (κ3) is 6.87. The highest BCUT2D eigenvalue weighted by atomic mass is 32.2. The maximum absolute atomic E-state index is 12.4. The average Bonchev–Trinajstić information content (AvgIpc) is 2.78. The Labute approximate surface area is 193 Å². The van der Waals surface area contributed by atoms with Crippen LogP contribution in [0.2, 0.25) is 0 Å². The minimum atomic E-state index is -3.81. The van der Waals surface area contributed by atoms with Crippen molar-refractivity contribution in [2.24, 2.45) is 5.14 Å². The number of primary sulfonamides is 1. The van der Waals surface area contributed by atoms with Crippen molar-refractivity contribution in [1.82, 2.24) is 0 Å². The van der Waals surface area contributed by atoms with Gasteiger partial charge in [0.05, 0.1) is 15.6 Å². The molecule has 12 heteroatoms. The molecule has 2 amide bonds. The van der Waals surface area contributed by atoms with Gasteiger partial charge in [0.2, 0.25) is 15.9 Å². The van der Waals surface area contributed by atoms with E-state index in [0.29, 0.717) is 16.3 Å². The maximum atomic E-state index is 12.4. The lowest BCUT2D eigenvalue weighted by atomic mass is 10.2. The zero-order chi connectivity index (χ0) is 24.0. The standard InChI is InChI=1S/C21H18N4O6S2/c22-33(30,31)19-9-7-15(8-10-19)23-20(26)13-32-18-6-2-4-16(12-18)24-21(27)14-3-1-5-17(11-14)25(28)29/h1-12H,13H2,(H,23,26)(H,24,27)(H2,22,30,31). The molecule has 0 saturated heterocycles. The summed E-state index contributed by atoms with van der Waals surface area (Å²) in [7, 11) is -3.81. The summed E-state index contributed by atoms with van der Waals surface area (Å²) in [5, 5.41) is 21.3. The molecule has 0 aliphatic carbocycles. The minimum absolute atomic E-state index is 0.0566. The van der Waals surface area contributed by atoms with E-state index in [1.165, 1.54) is 60.3 Å². The van der Waals surface area contributed by atoms with Crippen LogP contribution < -0.4 is 15.8 Å². The normalized spacial score (nSPS) is 10.9. The summed E-state index contributed by atoms with van der Waals surface area (Å²) in [5.41, 5.74) is 0.855. The fourth-order valence-corrected chi connectivity index (χ4v) is 3.97. The number of carbonyl (C=O) groups is 2. The number of sulfonamides is 1. The number of benzene rings is 3. The first-order valence-electron chi connectivity index (χ1n) is 9.33. The van der Waals surface area contributed by atoms with E-state index >= 15 is 0 Å². The minimum Gasteiger partial charge on any atom is -0.325 e. The van der Waals surface area contributed by atoms with Crippen molar-refractivity contribution in [3.8, 4) is 0 Å². The van der Waals surface area contributed by atoms with E-state index in [1.54, 1.807) is 24.3 Å². The molecule has 4 N–H and O–H groups in total. The SMILES string of the molecule is NS(=O)(=O)c1ccc(NC(=O)CSc2cccc(NC(=O)c3cccc([N+](=O)[O-])c3)c2)cc1. The van der Waals surface area contributed by atoms with Crippen LogP contribution >= 0.6 is 11.8 Å². The van der Waals surface area contributed by atoms with E-state index in [2.05, 4.69) is 10.6 Å². The number of non-ortho nitro benzene ring substituents is 1. The Morgan fingerprint density at radius 2 is 1.64 bits per heavy atom. The van der Waals surface area contributed by atoms with Crippen LogP contribution in [0.5, 0.6) is 0 Å². The van der Waals surface area contributed by atoms with Crippen molar-refractivity contribution >= 4 is 50.7 Å². The number of nitro benzene ring substituents is 1. The third-order valence-electron chi connectivity index (χ3n) is 4.25. The second kappa shape index (κ2) is 10.3. The summed E-state index contributed by atoms with van der Waals surface area (Å²) in [5.74, 6) is -0.741. The van der Waals surface area contributed by atoms with Crippen molar-refractivity contribution < 1.29 is 22.9 Å². The Balaban J connectivity index is 1.57. The van der Waals surface area contributed by atoms with Crippen molar-refractivity contribution in [2.75, 3.05) is 16.4 Å². The highest BCUT2D eigenvalue weighted by Gasteiger charge is 2.12. The van der Waals surface area contributed by atoms with E-state index in [1.807, 2.05) is 0 Å². The topological polar surface area (TPSA) is 162 Å². The van der Waals surface area contributed by atoms with Gasteiger partial charge in [-0.2, -0.15) is 0 Å². The molecule has 0 bridgehead atoms. The van der Waals surface area contributed by atoms with Crippen molar-refractivity contribution in [1.29, 1.82) is 0 Å². The molecule has 0 aliphatic heterocycles. The number of nitrogens with zero attached hydrogens (tertiary/aromatic N) is 1. The Bertz CT molecular complexity index is 1310. The summed E-state index contributed by atoms with van der Waals surface area (Å²) >= 11 is 1.23. The summed E-state index contributed by atoms with van der Waals surface area (Å²) in [6.07, 6.45) is 0. The Morgan fingerprint density at radius 3 is 2.30 bits per heavy atom. The molecule has 3 rings (SSSR count). The molecule has 0 aromatic heterocycles. The van der Waals surface area contributed by atoms with Crippen LogP contribution in [-0.4, -0.2) is 30.9 Å². The van der Waals surface area contributed by atoms with Gasteiger partial charge in [0.1, 0.15) is 0 Å². The van der Waals surface area contributed by atoms with Crippen LogP contribution in [0.4, 0.5) is 17.1 Å². The molecule has 10 nitrogen and oxygen atoms in total. The second-order valence-electron chi connectivity index (χ2n) is 6.70. The van der Waals surface area contributed by atoms with Crippen LogP contribution in [0.3, 0.4) is 0 Å². The molecule has 170 valence electrons. The van der Waals surface area contributed by atoms with Gasteiger partial charge in [-0.25, -0.2) is 13.6 Å². The Hall–Kier alpha value is -3.74. The summed E-state index contributed by atoms with van der Waals surface area (Å²) < 4.78 is 22.6. The van der Waals surface area contributed by atoms with Gasteiger partial charge in [-0.15, -0.1) is 11.8 Å². The third-order valence-corrected chi connectivity index (χ3v) is 6.17. The van der Waals surface area contributed by atoms with Crippen molar-refractivity contribution in [3.63, 3.8) is 0 Å². The Kier molecular flexibility index (Phi) is 7.43. The monoisotopic (exact) mass is 486 g/mol. The molecule has 33 heavy (non-hydrogen) atoms. The van der Waals surface area contributed by atoms with Gasteiger partial charge < -0.3 is 10.6 Å². The first-order chi connectivity index (χ1) is 15.6. The number of amides is 2. The lowest BCUT2D eigenvalue weighted by Crippen LogP contribution is -2.15. The van der Waals surface area contributed by atoms with Gasteiger partial charge in [0.15, 0.2) is 0 Å². The van der Waals surface area contributed by atoms with Crippen LogP contribution in [0.15, 0.2) is 82.6 Å². The molecule has 0 atom stereocenters. The molecule has 0 radical (unpaired) electrons. The lowest BCUT2D eigenvalue weighted by Gasteiger charge is -2.08. The van der Waals surface area contributed by atoms with Gasteiger partial charge in [-0.1, -0.05) is 12.1 Å². The highest BCUT2D eigenvalue weighted by molar-refractivity contribution is 8.00. The molecule has 0 fully saturated rings. The average molecular weight is 487 g/mol. The number of carbonyl (C=O) groups excluding carboxylic acids is 2. The number of nitrogens with two attached hydrogens (primary N) is 1. The molecule has 0 aliphatic rings. The summed E-state index contributed by atoms with van der Waals surface area (Å²) in [6.45, 7) is 0. The van der Waals surface area contributed by atoms with Gasteiger partial charge in [-0.3, -0.25) is 19.7 Å². The highest BCUT2D eigenvalue weighted by Crippen LogP contribution is 2.23. The first kappa shape index (κ1) is 23.9. The van der Waals surface area contributed by atoms with Crippen molar-refractivity contribution in [2.45, 2.75) is 9.79 Å². The number of anilines is 2. The Morgan fingerprint density at radius 1 is 0.939 bits per heavy atom. The largest absolute Gasteiger partial charge is 0.325 e. The van der Waals surface area contributed by atoms with Crippen LogP contribution in [0.25, 0.3) is 0 Å². The van der Waals surface area contributed by atoms with Crippen molar-refractivity contribution in [3.05, 3.63) is 88.5 Å². The molecule has 0 saturated carbocycles. The molecule has 0 unspecified atom stereocenters. The smallest absolute Gasteiger partial charge is 0.270 e. The number of hydrogen-bond donors (Lipinski definition) is 3. The molecule has 0 heterocycles. The number of thioether (sulfide) groups is 1. The lowest BCUT2D eigenvalue weighted by molar-refractivity contribution is -0.384. The van der Waals surface area contributed by atoms with Gasteiger partial charge in [0.25, 0.3) is 11.6 Å². The predicted molar refractivity (Wildman–Crippen MR) is 125 cm³/mol. The van der Waals surface area contributed by atoms with Gasteiger partial charge >= 0.3 is 0 Å². The van der Waals surface area contributed by atoms with Gasteiger partial charge in [-0.05, 0) is 48.5 Å². The predicted octanol–water partition coefficient (Wildman–Crippen LogP) is 3.23. The van der Waals surface area contributed by atoms with E-state index in [0.717, 1.165) is 0 Å². The van der Waals surface area contributed by atoms with Gasteiger partial charge in [0, 0.05) is 34.0 Å². The molecule has 3 aromatic rings. The zero-order valence-corrected chi connectivity index (χ0v) is 18.6. The second-order valence-corrected chi connectivity index (χ2v) is 9.31. The fourth-order valence-electron chi connectivity index (χ4n) is 2.70. The first-order valence-corrected chi connectivity index (χ1v) is 11.9. The number of rotatable bonds is 8. The number of hydrogen-bond acceptors (Lipinski definition) is 7. The van der Waals surface area contributed by atoms with E-state index < -0.39 is 20.9 Å². The van der Waals surface area contributed by atoms with Crippen LogP contribution in [-0.2, 0) is 14.8 Å². The van der Waals surface area contributed by atoms with E-state index in [4.69, 9.17) is 5.14 Å². The molecule has 3 aromatic carbocycles. The number of nitrogens with one attached hydrogen (secondary N) is 2. The fraction of sp³-hybridized carbons (Fsp3) is 0.0476. The summed E-state index contributed by atoms with van der Waals surface area (Å²) in [6, 6.07) is 17.7. The molecular formula is C21H18N4O6S2. The number of nitro groups is 1. The molecule has 0 spiro atoms.